The fourth-order valence-corrected chi connectivity index (χ4v) is 2.77. The molecule has 1 aliphatic carbocycles. The summed E-state index contributed by atoms with van der Waals surface area (Å²) in [4.78, 5) is 24.3. The highest BCUT2D eigenvalue weighted by Crippen LogP contribution is 2.46. The Kier molecular flexibility index (Phi) is 3.64. The molecule has 0 bridgehead atoms. The standard InChI is InChI=1S/C14H23NO3/c1-14(2,3)18-13(17)15-6-4-10(5-7-15)12-8-11(12)9-16/h9-12H,4-8H2,1-3H3/t11-,12-/m0/s1. The quantitative estimate of drug-likeness (QED) is 0.710. The number of amides is 1. The van der Waals surface area contributed by atoms with Crippen LogP contribution in [0.2, 0.25) is 0 Å². The number of hydrogen-bond acceptors (Lipinski definition) is 3. The van der Waals surface area contributed by atoms with E-state index in [2.05, 4.69) is 0 Å². The van der Waals surface area contributed by atoms with E-state index in [-0.39, 0.29) is 6.09 Å². The number of ether oxygens (including phenoxy) is 1. The number of likely N-dealkylation sites (tertiary alicyclic amines) is 1. The third kappa shape index (κ3) is 3.24. The molecule has 0 N–H and O–H groups in total. The van der Waals surface area contributed by atoms with E-state index < -0.39 is 5.60 Å². The molecule has 4 heteroatoms. The van der Waals surface area contributed by atoms with Crippen LogP contribution in [-0.4, -0.2) is 36.0 Å². The summed E-state index contributed by atoms with van der Waals surface area (Å²) < 4.78 is 5.36. The molecule has 1 saturated heterocycles. The first-order chi connectivity index (χ1) is 8.40. The number of piperidine rings is 1. The smallest absolute Gasteiger partial charge is 0.410 e. The summed E-state index contributed by atoms with van der Waals surface area (Å²) in [5.74, 6) is 1.50. The van der Waals surface area contributed by atoms with Gasteiger partial charge in [-0.15, -0.1) is 0 Å². The SMILES string of the molecule is CC(C)(C)OC(=O)N1CCC([C@@H]2C[C@H]2C=O)CC1. The van der Waals surface area contributed by atoms with Crippen molar-refractivity contribution in [2.45, 2.75) is 45.6 Å². The van der Waals surface area contributed by atoms with E-state index in [9.17, 15) is 9.59 Å². The molecule has 2 atom stereocenters. The van der Waals surface area contributed by atoms with Gasteiger partial charge < -0.3 is 14.4 Å². The van der Waals surface area contributed by atoms with Crippen LogP contribution in [0, 0.1) is 17.8 Å². The second-order valence-electron chi connectivity index (χ2n) is 6.50. The average Bonchev–Trinajstić information content (AvgIpc) is 3.06. The Labute approximate surface area is 109 Å². The van der Waals surface area contributed by atoms with Gasteiger partial charge in [0.05, 0.1) is 0 Å². The van der Waals surface area contributed by atoms with Gasteiger partial charge >= 0.3 is 6.09 Å². The molecule has 2 rings (SSSR count). The molecule has 2 aliphatic rings. The largest absolute Gasteiger partial charge is 0.444 e. The first-order valence-corrected chi connectivity index (χ1v) is 6.84. The van der Waals surface area contributed by atoms with Crippen LogP contribution in [0.3, 0.4) is 0 Å². The molecule has 0 aromatic heterocycles. The molecule has 0 aromatic rings. The molecule has 1 saturated carbocycles. The van der Waals surface area contributed by atoms with E-state index >= 15 is 0 Å². The minimum absolute atomic E-state index is 0.205. The van der Waals surface area contributed by atoms with Crippen LogP contribution in [0.5, 0.6) is 0 Å². The number of aldehydes is 1. The second kappa shape index (κ2) is 4.90. The number of rotatable bonds is 2. The van der Waals surface area contributed by atoms with Gasteiger partial charge in [0.1, 0.15) is 11.9 Å². The van der Waals surface area contributed by atoms with Crippen LogP contribution >= 0.6 is 0 Å². The highest BCUT2D eigenvalue weighted by atomic mass is 16.6. The molecular weight excluding hydrogens is 230 g/mol. The van der Waals surface area contributed by atoms with Crippen LogP contribution in [0.15, 0.2) is 0 Å². The van der Waals surface area contributed by atoms with Gasteiger partial charge in [-0.1, -0.05) is 0 Å². The van der Waals surface area contributed by atoms with Crippen molar-refractivity contribution < 1.29 is 14.3 Å². The van der Waals surface area contributed by atoms with Gasteiger partial charge in [-0.05, 0) is 51.9 Å². The van der Waals surface area contributed by atoms with Crippen LogP contribution in [0.4, 0.5) is 4.79 Å². The van der Waals surface area contributed by atoms with Crippen LogP contribution in [-0.2, 0) is 9.53 Å². The molecule has 0 aromatic carbocycles. The molecule has 1 aliphatic heterocycles. The predicted octanol–water partition coefficient (Wildman–Crippen LogP) is 2.47. The van der Waals surface area contributed by atoms with Crippen molar-refractivity contribution >= 4 is 12.4 Å². The lowest BCUT2D eigenvalue weighted by Gasteiger charge is -2.33. The summed E-state index contributed by atoms with van der Waals surface area (Å²) in [5.41, 5.74) is -0.424. The molecule has 1 heterocycles. The lowest BCUT2D eigenvalue weighted by atomic mass is 9.91. The Morgan fingerprint density at radius 3 is 2.33 bits per heavy atom. The zero-order valence-corrected chi connectivity index (χ0v) is 11.5. The molecule has 2 fully saturated rings. The van der Waals surface area contributed by atoms with Crippen molar-refractivity contribution in [2.24, 2.45) is 17.8 Å². The number of carbonyl (C=O) groups excluding carboxylic acids is 2. The Balaban J connectivity index is 1.76. The average molecular weight is 253 g/mol. The maximum atomic E-state index is 11.9. The topological polar surface area (TPSA) is 46.6 Å². The van der Waals surface area contributed by atoms with E-state index in [0.29, 0.717) is 17.8 Å². The Morgan fingerprint density at radius 2 is 1.89 bits per heavy atom. The van der Waals surface area contributed by atoms with E-state index in [1.54, 1.807) is 4.90 Å². The highest BCUT2D eigenvalue weighted by Gasteiger charge is 2.43. The normalized spacial score (nSPS) is 28.9. The van der Waals surface area contributed by atoms with E-state index in [4.69, 9.17) is 4.74 Å². The summed E-state index contributed by atoms with van der Waals surface area (Å²) in [7, 11) is 0. The van der Waals surface area contributed by atoms with Gasteiger partial charge in [0.25, 0.3) is 0 Å². The van der Waals surface area contributed by atoms with Gasteiger partial charge in [-0.2, -0.15) is 0 Å². The van der Waals surface area contributed by atoms with Gasteiger partial charge in [-0.25, -0.2) is 4.79 Å². The van der Waals surface area contributed by atoms with Crippen molar-refractivity contribution in [3.8, 4) is 0 Å². The Morgan fingerprint density at radius 1 is 1.28 bits per heavy atom. The molecule has 102 valence electrons. The van der Waals surface area contributed by atoms with Gasteiger partial charge in [0, 0.05) is 19.0 Å². The van der Waals surface area contributed by atoms with E-state index in [0.717, 1.165) is 38.6 Å². The lowest BCUT2D eigenvalue weighted by molar-refractivity contribution is -0.109. The van der Waals surface area contributed by atoms with E-state index in [1.165, 1.54) is 0 Å². The first-order valence-electron chi connectivity index (χ1n) is 6.84. The predicted molar refractivity (Wildman–Crippen MR) is 68.2 cm³/mol. The maximum Gasteiger partial charge on any atom is 0.410 e. The molecule has 0 unspecified atom stereocenters. The summed E-state index contributed by atoms with van der Waals surface area (Å²) in [5, 5.41) is 0. The van der Waals surface area contributed by atoms with Crippen LogP contribution < -0.4 is 0 Å². The highest BCUT2D eigenvalue weighted by molar-refractivity contribution is 5.68. The van der Waals surface area contributed by atoms with Crippen molar-refractivity contribution in [1.29, 1.82) is 0 Å². The third-order valence-electron chi connectivity index (χ3n) is 3.86. The molecule has 0 radical (unpaired) electrons. The van der Waals surface area contributed by atoms with Crippen molar-refractivity contribution in [1.82, 2.24) is 4.90 Å². The molecule has 18 heavy (non-hydrogen) atoms. The van der Waals surface area contributed by atoms with Crippen LogP contribution in [0.25, 0.3) is 0 Å². The summed E-state index contributed by atoms with van der Waals surface area (Å²) in [6.07, 6.45) is 3.96. The van der Waals surface area contributed by atoms with Crippen molar-refractivity contribution in [3.63, 3.8) is 0 Å². The zero-order valence-electron chi connectivity index (χ0n) is 11.5. The van der Waals surface area contributed by atoms with Crippen LogP contribution in [0.1, 0.15) is 40.0 Å². The van der Waals surface area contributed by atoms with Gasteiger partial charge in [0.15, 0.2) is 0 Å². The Bertz CT molecular complexity index is 326. The molecule has 0 spiro atoms. The van der Waals surface area contributed by atoms with Crippen molar-refractivity contribution in [2.75, 3.05) is 13.1 Å². The zero-order chi connectivity index (χ0) is 13.3. The van der Waals surface area contributed by atoms with E-state index in [1.807, 2.05) is 20.8 Å². The summed E-state index contributed by atoms with van der Waals surface area (Å²) in [6.45, 7) is 7.19. The number of carbonyl (C=O) groups is 2. The molecule has 4 nitrogen and oxygen atoms in total. The lowest BCUT2D eigenvalue weighted by Crippen LogP contribution is -2.42. The summed E-state index contributed by atoms with van der Waals surface area (Å²) in [6, 6.07) is 0. The Hall–Kier alpha value is -1.06. The molecular formula is C14H23NO3. The molecule has 1 amide bonds. The minimum Gasteiger partial charge on any atom is -0.444 e. The van der Waals surface area contributed by atoms with Crippen molar-refractivity contribution in [3.05, 3.63) is 0 Å². The van der Waals surface area contributed by atoms with Gasteiger partial charge in [0.2, 0.25) is 0 Å². The number of nitrogens with zero attached hydrogens (tertiary/aromatic N) is 1. The maximum absolute atomic E-state index is 11.9. The third-order valence-corrected chi connectivity index (χ3v) is 3.86. The minimum atomic E-state index is -0.424. The monoisotopic (exact) mass is 253 g/mol. The summed E-state index contributed by atoms with van der Waals surface area (Å²) >= 11 is 0. The number of hydrogen-bond donors (Lipinski definition) is 0. The second-order valence-corrected chi connectivity index (χ2v) is 6.50. The fourth-order valence-electron chi connectivity index (χ4n) is 2.77. The fraction of sp³-hybridized carbons (Fsp3) is 0.857. The first kappa shape index (κ1) is 13.4. The van der Waals surface area contributed by atoms with Gasteiger partial charge in [-0.3, -0.25) is 0 Å².